The van der Waals surface area contributed by atoms with Gasteiger partial charge >= 0.3 is 0 Å². The molecule has 0 heterocycles. The van der Waals surface area contributed by atoms with Crippen LogP contribution in [0.4, 0.5) is 0 Å². The molecule has 0 amide bonds. The molecule has 0 radical (unpaired) electrons. The molecule has 0 spiro atoms. The minimum Gasteiger partial charge on any atom is -0.0843 e. The lowest BCUT2D eigenvalue weighted by Gasteiger charge is -2.28. The van der Waals surface area contributed by atoms with Gasteiger partial charge in [0.2, 0.25) is 0 Å². The Labute approximate surface area is 92.3 Å². The van der Waals surface area contributed by atoms with Gasteiger partial charge in [0.1, 0.15) is 0 Å². The van der Waals surface area contributed by atoms with Crippen molar-refractivity contribution in [2.75, 3.05) is 0 Å². The van der Waals surface area contributed by atoms with Crippen LogP contribution in [0, 0.1) is 0 Å². The Morgan fingerprint density at radius 1 is 1.29 bits per heavy atom. The molecule has 14 heavy (non-hydrogen) atoms. The average Bonchev–Trinajstić information content (AvgIpc) is 2.18. The van der Waals surface area contributed by atoms with Crippen LogP contribution >= 0.6 is 11.6 Å². The van der Waals surface area contributed by atoms with Gasteiger partial charge in [-0.2, -0.15) is 0 Å². The third-order valence-corrected chi connectivity index (χ3v) is 3.34. The van der Waals surface area contributed by atoms with Gasteiger partial charge in [-0.15, -0.1) is 0 Å². The van der Waals surface area contributed by atoms with E-state index in [4.69, 9.17) is 11.6 Å². The van der Waals surface area contributed by atoms with Gasteiger partial charge in [-0.25, -0.2) is 0 Å². The largest absolute Gasteiger partial charge is 0.0843 e. The number of halogens is 1. The van der Waals surface area contributed by atoms with Crippen molar-refractivity contribution in [2.45, 2.75) is 45.4 Å². The Morgan fingerprint density at radius 3 is 2.50 bits per heavy atom. The summed E-state index contributed by atoms with van der Waals surface area (Å²) < 4.78 is 0. The molecule has 1 unspecified atom stereocenters. The highest BCUT2D eigenvalue weighted by Gasteiger charge is 2.23. The van der Waals surface area contributed by atoms with Crippen molar-refractivity contribution in [3.8, 4) is 0 Å². The van der Waals surface area contributed by atoms with E-state index in [0.29, 0.717) is 5.41 Å². The second-order valence-corrected chi connectivity index (χ2v) is 4.61. The summed E-state index contributed by atoms with van der Waals surface area (Å²) in [7, 11) is 0. The van der Waals surface area contributed by atoms with Gasteiger partial charge < -0.3 is 0 Å². The van der Waals surface area contributed by atoms with Crippen molar-refractivity contribution in [3.63, 3.8) is 0 Å². The standard InChI is InChI=1S/C13H19Cl/c1-4-9-13(3,5-2)11-7-6-8-12(14)10-11/h6-8,10H,4-5,9H2,1-3H3. The highest BCUT2D eigenvalue weighted by Crippen LogP contribution is 2.33. The molecule has 0 saturated carbocycles. The van der Waals surface area contributed by atoms with Crippen LogP contribution in [0.25, 0.3) is 0 Å². The fraction of sp³-hybridized carbons (Fsp3) is 0.538. The van der Waals surface area contributed by atoms with Gasteiger partial charge in [-0.3, -0.25) is 0 Å². The molecule has 0 aliphatic heterocycles. The molecule has 1 aromatic rings. The number of benzene rings is 1. The molecule has 1 aromatic carbocycles. The smallest absolute Gasteiger partial charge is 0.0408 e. The lowest BCUT2D eigenvalue weighted by atomic mass is 9.76. The third-order valence-electron chi connectivity index (χ3n) is 3.10. The van der Waals surface area contributed by atoms with E-state index in [2.05, 4.69) is 32.9 Å². The summed E-state index contributed by atoms with van der Waals surface area (Å²) in [4.78, 5) is 0. The molecule has 1 atom stereocenters. The third kappa shape index (κ3) is 2.51. The number of rotatable bonds is 4. The van der Waals surface area contributed by atoms with Crippen LogP contribution < -0.4 is 0 Å². The zero-order valence-electron chi connectivity index (χ0n) is 9.31. The first-order chi connectivity index (χ1) is 6.62. The first-order valence-corrected chi connectivity index (χ1v) is 5.76. The van der Waals surface area contributed by atoms with Crippen LogP contribution in [-0.2, 0) is 5.41 Å². The highest BCUT2D eigenvalue weighted by atomic mass is 35.5. The maximum Gasteiger partial charge on any atom is 0.0408 e. The molecule has 0 fully saturated rings. The molecular weight excluding hydrogens is 192 g/mol. The van der Waals surface area contributed by atoms with Crippen molar-refractivity contribution < 1.29 is 0 Å². The Hall–Kier alpha value is -0.490. The van der Waals surface area contributed by atoms with Gasteiger partial charge in [-0.05, 0) is 36.0 Å². The molecule has 0 nitrogen and oxygen atoms in total. The normalized spacial score (nSPS) is 15.1. The molecule has 1 heteroatoms. The van der Waals surface area contributed by atoms with Crippen molar-refractivity contribution >= 4 is 11.6 Å². The van der Waals surface area contributed by atoms with Gasteiger partial charge in [0, 0.05) is 5.02 Å². The van der Waals surface area contributed by atoms with Gasteiger partial charge in [0.25, 0.3) is 0 Å². The summed E-state index contributed by atoms with van der Waals surface area (Å²) >= 11 is 6.01. The summed E-state index contributed by atoms with van der Waals surface area (Å²) in [5.41, 5.74) is 1.66. The second-order valence-electron chi connectivity index (χ2n) is 4.17. The van der Waals surface area contributed by atoms with Crippen LogP contribution in [0.3, 0.4) is 0 Å². The zero-order valence-corrected chi connectivity index (χ0v) is 10.1. The Kier molecular flexibility index (Phi) is 4.00. The van der Waals surface area contributed by atoms with E-state index in [-0.39, 0.29) is 0 Å². The first kappa shape index (κ1) is 11.6. The highest BCUT2D eigenvalue weighted by molar-refractivity contribution is 6.30. The average molecular weight is 211 g/mol. The van der Waals surface area contributed by atoms with Crippen molar-refractivity contribution in [3.05, 3.63) is 34.9 Å². The van der Waals surface area contributed by atoms with E-state index in [0.717, 1.165) is 5.02 Å². The summed E-state index contributed by atoms with van der Waals surface area (Å²) in [6.07, 6.45) is 3.61. The van der Waals surface area contributed by atoms with E-state index in [1.807, 2.05) is 12.1 Å². The number of hydrogen-bond acceptors (Lipinski definition) is 0. The predicted octanol–water partition coefficient (Wildman–Crippen LogP) is 4.81. The summed E-state index contributed by atoms with van der Waals surface area (Å²) in [6, 6.07) is 8.26. The first-order valence-electron chi connectivity index (χ1n) is 5.38. The summed E-state index contributed by atoms with van der Waals surface area (Å²) in [5, 5.41) is 0.846. The van der Waals surface area contributed by atoms with E-state index in [1.165, 1.54) is 24.8 Å². The Morgan fingerprint density at radius 2 is 2.00 bits per heavy atom. The molecule has 0 aliphatic rings. The molecule has 0 N–H and O–H groups in total. The van der Waals surface area contributed by atoms with Crippen LogP contribution in [-0.4, -0.2) is 0 Å². The minimum absolute atomic E-state index is 0.291. The fourth-order valence-electron chi connectivity index (χ4n) is 1.94. The zero-order chi connectivity index (χ0) is 10.6. The predicted molar refractivity (Wildman–Crippen MR) is 64.0 cm³/mol. The van der Waals surface area contributed by atoms with Crippen LogP contribution in [0.2, 0.25) is 5.02 Å². The fourth-order valence-corrected chi connectivity index (χ4v) is 2.13. The van der Waals surface area contributed by atoms with Gasteiger partial charge in [0.05, 0.1) is 0 Å². The van der Waals surface area contributed by atoms with Gasteiger partial charge in [0.15, 0.2) is 0 Å². The summed E-state index contributed by atoms with van der Waals surface area (Å²) in [5.74, 6) is 0. The minimum atomic E-state index is 0.291. The lowest BCUT2D eigenvalue weighted by Crippen LogP contribution is -2.20. The molecule has 1 rings (SSSR count). The molecule has 0 bridgehead atoms. The monoisotopic (exact) mass is 210 g/mol. The van der Waals surface area contributed by atoms with E-state index >= 15 is 0 Å². The Bertz CT molecular complexity index is 293. The van der Waals surface area contributed by atoms with Crippen molar-refractivity contribution in [1.29, 1.82) is 0 Å². The molecule has 78 valence electrons. The molecule has 0 aromatic heterocycles. The van der Waals surface area contributed by atoms with Gasteiger partial charge in [-0.1, -0.05) is 50.9 Å². The number of hydrogen-bond donors (Lipinski definition) is 0. The van der Waals surface area contributed by atoms with Crippen LogP contribution in [0.15, 0.2) is 24.3 Å². The van der Waals surface area contributed by atoms with Crippen molar-refractivity contribution in [2.24, 2.45) is 0 Å². The second kappa shape index (κ2) is 4.84. The summed E-state index contributed by atoms with van der Waals surface area (Å²) in [6.45, 7) is 6.80. The molecular formula is C13H19Cl. The Balaban J connectivity index is 2.99. The van der Waals surface area contributed by atoms with E-state index < -0.39 is 0 Å². The maximum absolute atomic E-state index is 6.01. The van der Waals surface area contributed by atoms with Crippen LogP contribution in [0.1, 0.15) is 45.6 Å². The SMILES string of the molecule is CCCC(C)(CC)c1cccc(Cl)c1. The van der Waals surface area contributed by atoms with E-state index in [9.17, 15) is 0 Å². The van der Waals surface area contributed by atoms with Crippen molar-refractivity contribution in [1.82, 2.24) is 0 Å². The van der Waals surface area contributed by atoms with E-state index in [1.54, 1.807) is 0 Å². The van der Waals surface area contributed by atoms with Crippen LogP contribution in [0.5, 0.6) is 0 Å². The molecule has 0 aliphatic carbocycles. The topological polar surface area (TPSA) is 0 Å². The maximum atomic E-state index is 6.01. The quantitative estimate of drug-likeness (QED) is 0.669. The molecule has 0 saturated heterocycles. The lowest BCUT2D eigenvalue weighted by molar-refractivity contribution is 0.414.